The number of benzene rings is 1. The Balaban J connectivity index is 0.00000242. The van der Waals surface area contributed by atoms with E-state index in [1.165, 1.54) is 11.3 Å². The van der Waals surface area contributed by atoms with E-state index in [1.807, 2.05) is 32.9 Å². The van der Waals surface area contributed by atoms with Gasteiger partial charge in [-0.15, -0.1) is 22.6 Å². The number of halogens is 2. The molecule has 1 amide bonds. The zero-order chi connectivity index (χ0) is 15.6. The Labute approximate surface area is 144 Å². The van der Waals surface area contributed by atoms with Crippen LogP contribution in [0.1, 0.15) is 20.8 Å². The van der Waals surface area contributed by atoms with Crippen molar-refractivity contribution in [3.8, 4) is 10.6 Å². The van der Waals surface area contributed by atoms with Crippen molar-refractivity contribution in [1.29, 1.82) is 0 Å². The Bertz CT molecular complexity index is 654. The zero-order valence-electron chi connectivity index (χ0n) is 12.5. The van der Waals surface area contributed by atoms with Crippen molar-refractivity contribution >= 4 is 46.4 Å². The second kappa shape index (κ2) is 7.37. The molecule has 0 aliphatic rings. The molecular weight excluding hydrogens is 343 g/mol. The Morgan fingerprint density at radius 3 is 2.64 bits per heavy atom. The van der Waals surface area contributed by atoms with Crippen LogP contribution in [0.2, 0.25) is 5.02 Å². The molecule has 2 rings (SSSR count). The first kappa shape index (κ1) is 18.8. The van der Waals surface area contributed by atoms with Crippen LogP contribution in [-0.2, 0) is 4.79 Å². The molecule has 0 radical (unpaired) electrons. The normalized spacial score (nSPS) is 12.4. The molecule has 8 heteroatoms. The Kier molecular flexibility index (Phi) is 6.31. The molecule has 0 aliphatic heterocycles. The van der Waals surface area contributed by atoms with Crippen LogP contribution in [0.5, 0.6) is 0 Å². The van der Waals surface area contributed by atoms with E-state index in [1.54, 1.807) is 12.1 Å². The summed E-state index contributed by atoms with van der Waals surface area (Å²) < 4.78 is 0. The highest BCUT2D eigenvalue weighted by Gasteiger charge is 2.28. The summed E-state index contributed by atoms with van der Waals surface area (Å²) in [6, 6.07) is 6.70. The van der Waals surface area contributed by atoms with Gasteiger partial charge in [-0.2, -0.15) is 0 Å². The molecule has 3 N–H and O–H groups in total. The molecule has 0 aliphatic carbocycles. The maximum absolute atomic E-state index is 12.0. The number of aromatic nitrogens is 2. The fourth-order valence-electron chi connectivity index (χ4n) is 1.59. The van der Waals surface area contributed by atoms with E-state index in [0.717, 1.165) is 5.56 Å². The second-order valence-electron chi connectivity index (χ2n) is 5.76. The lowest BCUT2D eigenvalue weighted by molar-refractivity contribution is -0.119. The van der Waals surface area contributed by atoms with Crippen molar-refractivity contribution < 1.29 is 4.79 Å². The number of hydrogen-bond acceptors (Lipinski definition) is 5. The lowest BCUT2D eigenvalue weighted by Crippen LogP contribution is -2.45. The summed E-state index contributed by atoms with van der Waals surface area (Å²) in [5, 5.41) is 12.5. The van der Waals surface area contributed by atoms with Gasteiger partial charge < -0.3 is 5.73 Å². The molecule has 120 valence electrons. The van der Waals surface area contributed by atoms with Gasteiger partial charge in [0.25, 0.3) is 0 Å². The van der Waals surface area contributed by atoms with Gasteiger partial charge in [0.1, 0.15) is 5.01 Å². The fraction of sp³-hybridized carbons (Fsp3) is 0.357. The van der Waals surface area contributed by atoms with E-state index in [-0.39, 0.29) is 23.7 Å². The lowest BCUT2D eigenvalue weighted by Gasteiger charge is -2.25. The molecule has 1 aromatic heterocycles. The van der Waals surface area contributed by atoms with Crippen LogP contribution in [0.3, 0.4) is 0 Å². The fourth-order valence-corrected chi connectivity index (χ4v) is 2.52. The number of anilines is 1. The number of amides is 1. The number of nitrogens with zero attached hydrogens (tertiary/aromatic N) is 2. The highest BCUT2D eigenvalue weighted by Crippen LogP contribution is 2.28. The van der Waals surface area contributed by atoms with Gasteiger partial charge in [-0.05, 0) is 17.5 Å². The number of nitrogens with one attached hydrogen (secondary N) is 1. The summed E-state index contributed by atoms with van der Waals surface area (Å²) in [6.07, 6.45) is 0. The third kappa shape index (κ3) is 4.64. The predicted molar refractivity (Wildman–Crippen MR) is 93.7 cm³/mol. The molecule has 0 bridgehead atoms. The van der Waals surface area contributed by atoms with Crippen molar-refractivity contribution in [3.63, 3.8) is 0 Å². The van der Waals surface area contributed by atoms with Crippen molar-refractivity contribution in [1.82, 2.24) is 10.2 Å². The minimum Gasteiger partial charge on any atom is -0.319 e. The summed E-state index contributed by atoms with van der Waals surface area (Å²) in [5.74, 6) is -0.267. The molecule has 0 saturated carbocycles. The van der Waals surface area contributed by atoms with Crippen LogP contribution in [0.4, 0.5) is 5.13 Å². The maximum Gasteiger partial charge on any atom is 0.243 e. The Morgan fingerprint density at radius 2 is 2.05 bits per heavy atom. The first-order chi connectivity index (χ1) is 9.77. The molecule has 1 aromatic carbocycles. The predicted octanol–water partition coefficient (Wildman–Crippen LogP) is 3.59. The van der Waals surface area contributed by atoms with Crippen LogP contribution in [-0.4, -0.2) is 22.1 Å². The molecule has 22 heavy (non-hydrogen) atoms. The standard InChI is InChI=1S/C14H17ClN4OS.ClH/c1-14(2,3)10(16)11(20)17-13-19-18-12(21-13)8-5-4-6-9(15)7-8;/h4-7,10H,16H2,1-3H3,(H,17,19,20);1H/t10-;/m1./s1. The van der Waals surface area contributed by atoms with Crippen molar-refractivity contribution in [2.75, 3.05) is 5.32 Å². The van der Waals surface area contributed by atoms with Crippen LogP contribution < -0.4 is 11.1 Å². The summed E-state index contributed by atoms with van der Waals surface area (Å²) in [6.45, 7) is 5.73. The third-order valence-electron chi connectivity index (χ3n) is 2.94. The number of carbonyl (C=O) groups is 1. The SMILES string of the molecule is CC(C)(C)[C@H](N)C(=O)Nc1nnc(-c2cccc(Cl)c2)s1.Cl. The highest BCUT2D eigenvalue weighted by atomic mass is 35.5. The van der Waals surface area contributed by atoms with E-state index in [2.05, 4.69) is 15.5 Å². The van der Waals surface area contributed by atoms with Gasteiger partial charge in [0.15, 0.2) is 0 Å². The number of rotatable bonds is 3. The number of carbonyl (C=O) groups excluding carboxylic acids is 1. The van der Waals surface area contributed by atoms with Crippen molar-refractivity contribution in [2.45, 2.75) is 26.8 Å². The Hall–Kier alpha value is -1.21. The summed E-state index contributed by atoms with van der Waals surface area (Å²) in [4.78, 5) is 12.0. The van der Waals surface area contributed by atoms with Crippen LogP contribution in [0, 0.1) is 5.41 Å². The van der Waals surface area contributed by atoms with Gasteiger partial charge in [0, 0.05) is 10.6 Å². The molecular formula is C14H18Cl2N4OS. The first-order valence-electron chi connectivity index (χ1n) is 6.43. The largest absolute Gasteiger partial charge is 0.319 e. The highest BCUT2D eigenvalue weighted by molar-refractivity contribution is 7.18. The summed E-state index contributed by atoms with van der Waals surface area (Å²) in [7, 11) is 0. The van der Waals surface area contributed by atoms with Gasteiger partial charge in [0.05, 0.1) is 6.04 Å². The number of hydrogen-bond donors (Lipinski definition) is 2. The molecule has 0 fully saturated rings. The molecule has 2 aromatic rings. The van der Waals surface area contributed by atoms with Gasteiger partial charge in [-0.3, -0.25) is 10.1 Å². The van der Waals surface area contributed by atoms with E-state index in [0.29, 0.717) is 15.2 Å². The minimum atomic E-state index is -0.615. The summed E-state index contributed by atoms with van der Waals surface area (Å²) >= 11 is 7.23. The van der Waals surface area contributed by atoms with Crippen LogP contribution >= 0.6 is 35.3 Å². The average molecular weight is 361 g/mol. The quantitative estimate of drug-likeness (QED) is 0.875. The molecule has 0 unspecified atom stereocenters. The summed E-state index contributed by atoms with van der Waals surface area (Å²) in [5.41, 5.74) is 6.45. The number of nitrogens with two attached hydrogens (primary N) is 1. The monoisotopic (exact) mass is 360 g/mol. The van der Waals surface area contributed by atoms with E-state index in [4.69, 9.17) is 17.3 Å². The van der Waals surface area contributed by atoms with Crippen molar-refractivity contribution in [3.05, 3.63) is 29.3 Å². The van der Waals surface area contributed by atoms with Crippen molar-refractivity contribution in [2.24, 2.45) is 11.1 Å². The Morgan fingerprint density at radius 1 is 1.36 bits per heavy atom. The molecule has 0 spiro atoms. The minimum absolute atomic E-state index is 0. The average Bonchev–Trinajstić information content (AvgIpc) is 2.85. The molecule has 1 heterocycles. The molecule has 1 atom stereocenters. The topological polar surface area (TPSA) is 80.9 Å². The van der Waals surface area contributed by atoms with E-state index < -0.39 is 6.04 Å². The lowest BCUT2D eigenvalue weighted by atomic mass is 9.87. The third-order valence-corrected chi connectivity index (χ3v) is 4.07. The van der Waals surface area contributed by atoms with Crippen LogP contribution in [0.15, 0.2) is 24.3 Å². The van der Waals surface area contributed by atoms with Gasteiger partial charge in [-0.1, -0.05) is 55.8 Å². The van der Waals surface area contributed by atoms with Gasteiger partial charge >= 0.3 is 0 Å². The smallest absolute Gasteiger partial charge is 0.243 e. The van der Waals surface area contributed by atoms with E-state index in [9.17, 15) is 4.79 Å². The van der Waals surface area contributed by atoms with Gasteiger partial charge in [-0.25, -0.2) is 0 Å². The van der Waals surface area contributed by atoms with Crippen LogP contribution in [0.25, 0.3) is 10.6 Å². The maximum atomic E-state index is 12.0. The second-order valence-corrected chi connectivity index (χ2v) is 7.17. The zero-order valence-corrected chi connectivity index (χ0v) is 14.9. The van der Waals surface area contributed by atoms with E-state index >= 15 is 0 Å². The molecule has 5 nitrogen and oxygen atoms in total. The van der Waals surface area contributed by atoms with Gasteiger partial charge in [0.2, 0.25) is 11.0 Å². The first-order valence-corrected chi connectivity index (χ1v) is 7.63. The molecule has 0 saturated heterocycles.